The van der Waals surface area contributed by atoms with Crippen LogP contribution in [0.25, 0.3) is 0 Å². The standard InChI is InChI=1S/C15H23N7O2/c1-10-6-12(24-21-10)7-17-15(16-2)18-11-4-5-14-19-13(9-23-3)20-22(14)8-11/h6,11H,4-5,7-9H2,1-3H3,(H2,16,17,18). The van der Waals surface area contributed by atoms with Crippen LogP contribution in [0, 0.1) is 6.92 Å². The predicted molar refractivity (Wildman–Crippen MR) is 87.4 cm³/mol. The second kappa shape index (κ2) is 7.43. The summed E-state index contributed by atoms with van der Waals surface area (Å²) >= 11 is 0. The lowest BCUT2D eigenvalue weighted by atomic mass is 10.1. The summed E-state index contributed by atoms with van der Waals surface area (Å²) in [7, 11) is 3.40. The maximum absolute atomic E-state index is 5.19. The quantitative estimate of drug-likeness (QED) is 0.603. The molecule has 2 aromatic heterocycles. The molecule has 0 aromatic carbocycles. The van der Waals surface area contributed by atoms with Gasteiger partial charge in [0.1, 0.15) is 12.4 Å². The molecule has 3 heterocycles. The molecule has 0 aliphatic carbocycles. The maximum atomic E-state index is 5.19. The zero-order chi connectivity index (χ0) is 16.9. The normalized spacial score (nSPS) is 17.6. The Bertz CT molecular complexity index is 706. The van der Waals surface area contributed by atoms with Gasteiger partial charge in [0.15, 0.2) is 17.5 Å². The molecule has 130 valence electrons. The topological polar surface area (TPSA) is 102 Å². The Balaban J connectivity index is 1.54. The number of hydrogen-bond donors (Lipinski definition) is 2. The first-order valence-corrected chi connectivity index (χ1v) is 7.99. The first-order chi connectivity index (χ1) is 11.7. The smallest absolute Gasteiger partial charge is 0.191 e. The number of nitrogens with one attached hydrogen (secondary N) is 2. The summed E-state index contributed by atoms with van der Waals surface area (Å²) < 4.78 is 12.2. The number of rotatable bonds is 5. The number of aryl methyl sites for hydroxylation is 2. The van der Waals surface area contributed by atoms with Crippen molar-refractivity contribution in [1.29, 1.82) is 0 Å². The molecule has 9 nitrogen and oxygen atoms in total. The summed E-state index contributed by atoms with van der Waals surface area (Å²) in [5, 5.41) is 15.0. The van der Waals surface area contributed by atoms with Gasteiger partial charge in [0.25, 0.3) is 0 Å². The van der Waals surface area contributed by atoms with Crippen LogP contribution in [0.4, 0.5) is 0 Å². The molecule has 1 atom stereocenters. The SMILES string of the molecule is CN=C(NCc1cc(C)no1)NC1CCc2nc(COC)nn2C1. The lowest BCUT2D eigenvalue weighted by molar-refractivity contribution is 0.177. The highest BCUT2D eigenvalue weighted by molar-refractivity contribution is 5.79. The molecule has 3 rings (SSSR count). The molecule has 24 heavy (non-hydrogen) atoms. The summed E-state index contributed by atoms with van der Waals surface area (Å²) in [5.74, 6) is 3.26. The van der Waals surface area contributed by atoms with Crippen LogP contribution in [-0.2, 0) is 30.9 Å². The number of aromatic nitrogens is 4. The maximum Gasteiger partial charge on any atom is 0.191 e. The van der Waals surface area contributed by atoms with Crippen LogP contribution in [-0.4, -0.2) is 46.1 Å². The van der Waals surface area contributed by atoms with Gasteiger partial charge in [-0.05, 0) is 13.3 Å². The third-order valence-electron chi connectivity index (χ3n) is 3.85. The second-order valence-corrected chi connectivity index (χ2v) is 5.80. The minimum atomic E-state index is 0.247. The van der Waals surface area contributed by atoms with Crippen LogP contribution in [0.1, 0.15) is 29.5 Å². The Labute approximate surface area is 140 Å². The molecule has 0 radical (unpaired) electrons. The van der Waals surface area contributed by atoms with E-state index in [0.29, 0.717) is 13.2 Å². The van der Waals surface area contributed by atoms with Gasteiger partial charge >= 0.3 is 0 Å². The van der Waals surface area contributed by atoms with E-state index in [1.165, 1.54) is 0 Å². The average molecular weight is 333 g/mol. The fraction of sp³-hybridized carbons (Fsp3) is 0.600. The number of hydrogen-bond acceptors (Lipinski definition) is 6. The Morgan fingerprint density at radius 1 is 1.54 bits per heavy atom. The minimum Gasteiger partial charge on any atom is -0.377 e. The largest absolute Gasteiger partial charge is 0.377 e. The summed E-state index contributed by atoms with van der Waals surface area (Å²) in [6.07, 6.45) is 1.86. The monoisotopic (exact) mass is 333 g/mol. The van der Waals surface area contributed by atoms with Gasteiger partial charge in [-0.2, -0.15) is 5.10 Å². The summed E-state index contributed by atoms with van der Waals surface area (Å²) in [6, 6.07) is 2.15. The number of aliphatic imine (C=N–C) groups is 1. The number of guanidine groups is 1. The van der Waals surface area contributed by atoms with E-state index in [0.717, 1.165) is 48.4 Å². The fourth-order valence-corrected chi connectivity index (χ4v) is 2.73. The van der Waals surface area contributed by atoms with E-state index < -0.39 is 0 Å². The molecule has 0 bridgehead atoms. The molecule has 1 aliphatic rings. The lowest BCUT2D eigenvalue weighted by Crippen LogP contribution is -2.46. The van der Waals surface area contributed by atoms with Crippen molar-refractivity contribution in [2.75, 3.05) is 14.2 Å². The molecule has 0 spiro atoms. The van der Waals surface area contributed by atoms with Gasteiger partial charge < -0.3 is 19.9 Å². The fourth-order valence-electron chi connectivity index (χ4n) is 2.73. The Kier molecular flexibility index (Phi) is 5.09. The van der Waals surface area contributed by atoms with Gasteiger partial charge in [-0.3, -0.25) is 4.99 Å². The molecule has 0 saturated carbocycles. The Morgan fingerprint density at radius 2 is 2.42 bits per heavy atom. The first-order valence-electron chi connectivity index (χ1n) is 7.99. The van der Waals surface area contributed by atoms with Crippen LogP contribution >= 0.6 is 0 Å². The molecular formula is C15H23N7O2. The van der Waals surface area contributed by atoms with Gasteiger partial charge in [0, 0.05) is 32.7 Å². The van der Waals surface area contributed by atoms with Crippen molar-refractivity contribution < 1.29 is 9.26 Å². The van der Waals surface area contributed by atoms with Crippen molar-refractivity contribution in [2.24, 2.45) is 4.99 Å². The van der Waals surface area contributed by atoms with E-state index in [2.05, 4.69) is 30.9 Å². The molecule has 0 amide bonds. The second-order valence-electron chi connectivity index (χ2n) is 5.80. The first kappa shape index (κ1) is 16.4. The van der Waals surface area contributed by atoms with Gasteiger partial charge in [0.2, 0.25) is 0 Å². The van der Waals surface area contributed by atoms with Crippen molar-refractivity contribution in [3.05, 3.63) is 29.2 Å². The number of ether oxygens (including phenoxy) is 1. The summed E-state index contributed by atoms with van der Waals surface area (Å²) in [5.41, 5.74) is 0.868. The van der Waals surface area contributed by atoms with E-state index in [4.69, 9.17) is 9.26 Å². The zero-order valence-electron chi connectivity index (χ0n) is 14.2. The number of nitrogens with zero attached hydrogens (tertiary/aromatic N) is 5. The van der Waals surface area contributed by atoms with Gasteiger partial charge in [0.05, 0.1) is 18.8 Å². The number of methoxy groups -OCH3 is 1. The molecule has 0 fully saturated rings. The molecule has 1 unspecified atom stereocenters. The van der Waals surface area contributed by atoms with Crippen molar-refractivity contribution in [3.63, 3.8) is 0 Å². The highest BCUT2D eigenvalue weighted by Gasteiger charge is 2.22. The zero-order valence-corrected chi connectivity index (χ0v) is 14.2. The van der Waals surface area contributed by atoms with Gasteiger partial charge in [-0.15, -0.1) is 0 Å². The van der Waals surface area contributed by atoms with E-state index in [-0.39, 0.29) is 6.04 Å². The van der Waals surface area contributed by atoms with Crippen molar-refractivity contribution in [1.82, 2.24) is 30.6 Å². The third kappa shape index (κ3) is 3.91. The molecular weight excluding hydrogens is 310 g/mol. The van der Waals surface area contributed by atoms with Crippen LogP contribution in [0.5, 0.6) is 0 Å². The van der Waals surface area contributed by atoms with Crippen molar-refractivity contribution in [3.8, 4) is 0 Å². The van der Waals surface area contributed by atoms with Gasteiger partial charge in [-0.25, -0.2) is 9.67 Å². The minimum absolute atomic E-state index is 0.247. The van der Waals surface area contributed by atoms with Crippen LogP contribution in [0.15, 0.2) is 15.6 Å². The molecule has 2 aromatic rings. The molecule has 1 aliphatic heterocycles. The molecule has 9 heteroatoms. The Hall–Kier alpha value is -2.42. The van der Waals surface area contributed by atoms with E-state index in [1.54, 1.807) is 14.2 Å². The third-order valence-corrected chi connectivity index (χ3v) is 3.85. The molecule has 2 N–H and O–H groups in total. The van der Waals surface area contributed by atoms with Crippen molar-refractivity contribution >= 4 is 5.96 Å². The lowest BCUT2D eigenvalue weighted by Gasteiger charge is -2.25. The molecule has 0 saturated heterocycles. The van der Waals surface area contributed by atoms with Crippen LogP contribution < -0.4 is 10.6 Å². The number of fused-ring (bicyclic) bond motifs is 1. The highest BCUT2D eigenvalue weighted by atomic mass is 16.5. The van der Waals surface area contributed by atoms with Crippen LogP contribution in [0.2, 0.25) is 0 Å². The highest BCUT2D eigenvalue weighted by Crippen LogP contribution is 2.13. The van der Waals surface area contributed by atoms with Crippen LogP contribution in [0.3, 0.4) is 0 Å². The average Bonchev–Trinajstić information content (AvgIpc) is 3.16. The van der Waals surface area contributed by atoms with Gasteiger partial charge in [-0.1, -0.05) is 5.16 Å². The Morgan fingerprint density at radius 3 is 3.12 bits per heavy atom. The summed E-state index contributed by atoms with van der Waals surface area (Å²) in [4.78, 5) is 8.75. The summed E-state index contributed by atoms with van der Waals surface area (Å²) in [6.45, 7) is 3.64. The van der Waals surface area contributed by atoms with Crippen molar-refractivity contribution in [2.45, 2.75) is 45.5 Å². The van der Waals surface area contributed by atoms with E-state index in [9.17, 15) is 0 Å². The van der Waals surface area contributed by atoms with E-state index in [1.807, 2.05) is 17.7 Å². The predicted octanol–water partition coefficient (Wildman–Crippen LogP) is 0.401. The van der Waals surface area contributed by atoms with E-state index >= 15 is 0 Å².